The highest BCUT2D eigenvalue weighted by atomic mass is 16.5. The van der Waals surface area contributed by atoms with Crippen LogP contribution in [0.25, 0.3) is 0 Å². The molecular formula is C20H26N4O4. The van der Waals surface area contributed by atoms with Crippen molar-refractivity contribution in [1.82, 2.24) is 20.9 Å². The Hall–Kier alpha value is -2.29. The van der Waals surface area contributed by atoms with Gasteiger partial charge in [-0.1, -0.05) is 12.1 Å². The highest BCUT2D eigenvalue weighted by molar-refractivity contribution is 6.05. The van der Waals surface area contributed by atoms with Crippen LogP contribution >= 0.6 is 0 Å². The minimum absolute atomic E-state index is 0.130. The molecule has 0 aromatic heterocycles. The van der Waals surface area contributed by atoms with E-state index in [-0.39, 0.29) is 24.1 Å². The van der Waals surface area contributed by atoms with Crippen LogP contribution in [0.3, 0.4) is 0 Å². The van der Waals surface area contributed by atoms with Gasteiger partial charge in [0.1, 0.15) is 6.04 Å². The lowest BCUT2D eigenvalue weighted by atomic mass is 10.0. The number of hydrogen-bond acceptors (Lipinski definition) is 6. The normalized spacial score (nSPS) is 25.0. The van der Waals surface area contributed by atoms with Crippen LogP contribution in [-0.2, 0) is 27.4 Å². The molecule has 0 spiro atoms. The van der Waals surface area contributed by atoms with Gasteiger partial charge < -0.3 is 20.3 Å². The summed E-state index contributed by atoms with van der Waals surface area (Å²) in [5, 5.41) is 9.18. The molecule has 0 saturated carbocycles. The molecule has 28 heavy (non-hydrogen) atoms. The third-order valence-electron chi connectivity index (χ3n) is 5.59. The van der Waals surface area contributed by atoms with Crippen LogP contribution in [0.15, 0.2) is 18.2 Å². The predicted molar refractivity (Wildman–Crippen MR) is 101 cm³/mol. The third-order valence-corrected chi connectivity index (χ3v) is 5.59. The Kier molecular flexibility index (Phi) is 5.70. The van der Waals surface area contributed by atoms with Crippen LogP contribution in [0.4, 0.5) is 0 Å². The molecule has 2 atom stereocenters. The first kappa shape index (κ1) is 19.0. The molecule has 150 valence electrons. The Morgan fingerprint density at radius 1 is 1.25 bits per heavy atom. The first-order valence-corrected chi connectivity index (χ1v) is 9.90. The summed E-state index contributed by atoms with van der Waals surface area (Å²) in [7, 11) is 0. The molecule has 3 heterocycles. The Labute approximate surface area is 164 Å². The smallest absolute Gasteiger partial charge is 0.255 e. The van der Waals surface area contributed by atoms with Gasteiger partial charge in [-0.05, 0) is 36.6 Å². The lowest BCUT2D eigenvalue weighted by molar-refractivity contribution is -0.136. The first-order valence-electron chi connectivity index (χ1n) is 9.90. The number of ether oxygens (including phenoxy) is 1. The minimum Gasteiger partial charge on any atom is -0.379 e. The van der Waals surface area contributed by atoms with Gasteiger partial charge in [0, 0.05) is 37.7 Å². The molecule has 2 saturated heterocycles. The van der Waals surface area contributed by atoms with Crippen molar-refractivity contribution in [2.24, 2.45) is 0 Å². The summed E-state index contributed by atoms with van der Waals surface area (Å²) in [5.41, 5.74) is 2.64. The highest BCUT2D eigenvalue weighted by Gasteiger charge is 2.39. The summed E-state index contributed by atoms with van der Waals surface area (Å²) >= 11 is 0. The number of benzene rings is 1. The summed E-state index contributed by atoms with van der Waals surface area (Å²) in [6, 6.07) is 5.73. The highest BCUT2D eigenvalue weighted by Crippen LogP contribution is 2.28. The van der Waals surface area contributed by atoms with Gasteiger partial charge in [-0.15, -0.1) is 0 Å². The molecule has 3 aliphatic rings. The van der Waals surface area contributed by atoms with E-state index in [1.807, 2.05) is 18.2 Å². The lowest BCUT2D eigenvalue weighted by Crippen LogP contribution is -2.52. The topological polar surface area (TPSA) is 99.8 Å². The van der Waals surface area contributed by atoms with Crippen LogP contribution < -0.4 is 16.0 Å². The van der Waals surface area contributed by atoms with E-state index in [4.69, 9.17) is 4.74 Å². The molecular weight excluding hydrogens is 360 g/mol. The van der Waals surface area contributed by atoms with Crippen molar-refractivity contribution in [2.75, 3.05) is 26.3 Å². The van der Waals surface area contributed by atoms with E-state index >= 15 is 0 Å². The van der Waals surface area contributed by atoms with Crippen LogP contribution in [0.1, 0.15) is 40.7 Å². The molecule has 3 amide bonds. The van der Waals surface area contributed by atoms with Crippen molar-refractivity contribution in [3.05, 3.63) is 34.9 Å². The summed E-state index contributed by atoms with van der Waals surface area (Å²) in [6.07, 6.45) is 1.65. The second-order valence-corrected chi connectivity index (χ2v) is 7.58. The van der Waals surface area contributed by atoms with Gasteiger partial charge in [0.2, 0.25) is 11.8 Å². The number of piperidine rings is 1. The molecule has 4 rings (SSSR count). The van der Waals surface area contributed by atoms with Gasteiger partial charge in [-0.25, -0.2) is 0 Å². The number of imide groups is 1. The molecule has 1 aromatic carbocycles. The van der Waals surface area contributed by atoms with Crippen LogP contribution in [0.5, 0.6) is 0 Å². The molecule has 3 N–H and O–H groups in total. The van der Waals surface area contributed by atoms with Crippen LogP contribution in [0.2, 0.25) is 0 Å². The molecule has 2 fully saturated rings. The largest absolute Gasteiger partial charge is 0.379 e. The summed E-state index contributed by atoms with van der Waals surface area (Å²) in [5.74, 6) is -0.775. The molecule has 8 heteroatoms. The maximum absolute atomic E-state index is 12.8. The van der Waals surface area contributed by atoms with Crippen molar-refractivity contribution < 1.29 is 19.1 Å². The molecule has 3 aliphatic heterocycles. The average molecular weight is 386 g/mol. The van der Waals surface area contributed by atoms with Gasteiger partial charge in [-0.3, -0.25) is 19.7 Å². The third kappa shape index (κ3) is 4.09. The molecule has 0 aliphatic carbocycles. The maximum Gasteiger partial charge on any atom is 0.255 e. The number of nitrogens with one attached hydrogen (secondary N) is 3. The van der Waals surface area contributed by atoms with E-state index in [9.17, 15) is 14.4 Å². The van der Waals surface area contributed by atoms with Crippen LogP contribution in [-0.4, -0.2) is 61.0 Å². The summed E-state index contributed by atoms with van der Waals surface area (Å²) in [6.45, 7) is 4.41. The van der Waals surface area contributed by atoms with E-state index in [2.05, 4.69) is 16.0 Å². The number of carbonyl (C=O) groups is 3. The lowest BCUT2D eigenvalue weighted by Gasteiger charge is -2.29. The number of carbonyl (C=O) groups excluding carboxylic acids is 3. The van der Waals surface area contributed by atoms with Gasteiger partial charge >= 0.3 is 0 Å². The van der Waals surface area contributed by atoms with E-state index in [0.29, 0.717) is 31.1 Å². The van der Waals surface area contributed by atoms with E-state index < -0.39 is 6.04 Å². The standard InChI is InChI=1S/C20H26N4O4/c25-18-4-3-17(19(26)23-18)24-11-14-2-1-13(9-16(14)20(24)27)10-21-6-5-15-12-28-8-7-22-15/h1-2,9,15,17,21-22H,3-8,10-12H2,(H,23,25,26). The number of fused-ring (bicyclic) bond motifs is 1. The number of morpholine rings is 1. The Balaban J connectivity index is 1.32. The van der Waals surface area contributed by atoms with Crippen molar-refractivity contribution in [1.29, 1.82) is 0 Å². The van der Waals surface area contributed by atoms with Gasteiger partial charge in [-0.2, -0.15) is 0 Å². The molecule has 1 aromatic rings. The zero-order chi connectivity index (χ0) is 19.5. The van der Waals surface area contributed by atoms with Gasteiger partial charge in [0.25, 0.3) is 5.91 Å². The van der Waals surface area contributed by atoms with Gasteiger partial charge in [0.15, 0.2) is 0 Å². The van der Waals surface area contributed by atoms with Crippen molar-refractivity contribution in [2.45, 2.75) is 44.4 Å². The summed E-state index contributed by atoms with van der Waals surface area (Å²) < 4.78 is 5.45. The SMILES string of the molecule is O=C1CCC(N2Cc3ccc(CNCCC4COCCN4)cc3C2=O)C(=O)N1. The molecule has 2 unspecified atom stereocenters. The van der Waals surface area contributed by atoms with E-state index in [1.165, 1.54) is 0 Å². The second-order valence-electron chi connectivity index (χ2n) is 7.58. The Bertz CT molecular complexity index is 775. The second kappa shape index (κ2) is 8.38. The Morgan fingerprint density at radius 3 is 2.93 bits per heavy atom. The zero-order valence-electron chi connectivity index (χ0n) is 15.8. The Morgan fingerprint density at radius 2 is 2.14 bits per heavy atom. The average Bonchev–Trinajstić information content (AvgIpc) is 3.02. The van der Waals surface area contributed by atoms with E-state index in [0.717, 1.165) is 43.9 Å². The van der Waals surface area contributed by atoms with Crippen molar-refractivity contribution >= 4 is 17.7 Å². The predicted octanol–water partition coefficient (Wildman–Crippen LogP) is -0.0843. The van der Waals surface area contributed by atoms with Gasteiger partial charge in [0.05, 0.1) is 13.2 Å². The van der Waals surface area contributed by atoms with E-state index in [1.54, 1.807) is 4.90 Å². The quantitative estimate of drug-likeness (QED) is 0.467. The monoisotopic (exact) mass is 386 g/mol. The van der Waals surface area contributed by atoms with Crippen molar-refractivity contribution in [3.8, 4) is 0 Å². The molecule has 8 nitrogen and oxygen atoms in total. The summed E-state index contributed by atoms with van der Waals surface area (Å²) in [4.78, 5) is 37.9. The first-order chi connectivity index (χ1) is 13.6. The van der Waals surface area contributed by atoms with Crippen molar-refractivity contribution in [3.63, 3.8) is 0 Å². The fourth-order valence-electron chi connectivity index (χ4n) is 4.03. The molecule has 0 radical (unpaired) electrons. The minimum atomic E-state index is -0.565. The number of hydrogen-bond donors (Lipinski definition) is 3. The number of rotatable bonds is 6. The zero-order valence-corrected chi connectivity index (χ0v) is 15.8. The fourth-order valence-corrected chi connectivity index (χ4v) is 4.03. The fraction of sp³-hybridized carbons (Fsp3) is 0.550. The number of nitrogens with zero attached hydrogens (tertiary/aromatic N) is 1. The molecule has 0 bridgehead atoms. The number of amides is 3. The van der Waals surface area contributed by atoms with Crippen LogP contribution in [0, 0.1) is 0 Å². The maximum atomic E-state index is 12.8.